The first-order valence-electron chi connectivity index (χ1n) is 6.82. The van der Waals surface area contributed by atoms with Crippen molar-refractivity contribution in [2.24, 2.45) is 0 Å². The zero-order valence-electron chi connectivity index (χ0n) is 12.5. The van der Waals surface area contributed by atoms with E-state index in [1.165, 1.54) is 6.07 Å². The van der Waals surface area contributed by atoms with Gasteiger partial charge in [-0.1, -0.05) is 6.07 Å². The fourth-order valence-electron chi connectivity index (χ4n) is 1.92. The smallest absolute Gasteiger partial charge is 0.305 e. The van der Waals surface area contributed by atoms with Crippen LogP contribution in [0.1, 0.15) is 30.6 Å². The van der Waals surface area contributed by atoms with Crippen LogP contribution in [0, 0.1) is 10.1 Å². The van der Waals surface area contributed by atoms with Crippen LogP contribution in [-0.2, 0) is 4.74 Å². The molecule has 1 amide bonds. The zero-order valence-corrected chi connectivity index (χ0v) is 12.5. The van der Waals surface area contributed by atoms with Crippen molar-refractivity contribution in [3.63, 3.8) is 0 Å². The van der Waals surface area contributed by atoms with E-state index in [1.54, 1.807) is 19.2 Å². The molecule has 0 saturated heterocycles. The van der Waals surface area contributed by atoms with Crippen LogP contribution in [0.4, 0.5) is 11.4 Å². The Balaban J connectivity index is 2.98. The number of nitrogens with zero attached hydrogens (tertiary/aromatic N) is 1. The average molecular weight is 295 g/mol. The summed E-state index contributed by atoms with van der Waals surface area (Å²) in [6.07, 6.45) is 0.642. The number of ether oxygens (including phenoxy) is 1. The topological polar surface area (TPSA) is 93.5 Å². The standard InChI is InChI=1S/C14H21N3O4/c1-4-15-12-7-5-6-11(13(12)17(19)20)14(18)16-10(2)8-9-21-3/h5-7,10,15H,4,8-9H2,1-3H3,(H,16,18). The fourth-order valence-corrected chi connectivity index (χ4v) is 1.92. The molecule has 1 unspecified atom stereocenters. The number of amides is 1. The van der Waals surface area contributed by atoms with E-state index in [-0.39, 0.29) is 17.3 Å². The minimum absolute atomic E-state index is 0.0581. The molecule has 0 aliphatic carbocycles. The van der Waals surface area contributed by atoms with Crippen molar-refractivity contribution in [1.82, 2.24) is 5.32 Å². The van der Waals surface area contributed by atoms with Crippen molar-refractivity contribution >= 4 is 17.3 Å². The highest BCUT2D eigenvalue weighted by Crippen LogP contribution is 2.28. The molecule has 0 radical (unpaired) electrons. The Labute approximate surface area is 123 Å². The quantitative estimate of drug-likeness (QED) is 0.566. The van der Waals surface area contributed by atoms with Gasteiger partial charge in [-0.15, -0.1) is 0 Å². The molecule has 1 atom stereocenters. The lowest BCUT2D eigenvalue weighted by Crippen LogP contribution is -2.33. The number of rotatable bonds is 8. The molecule has 0 aromatic heterocycles. The lowest BCUT2D eigenvalue weighted by Gasteiger charge is -2.14. The lowest BCUT2D eigenvalue weighted by atomic mass is 10.1. The number of nitrogens with one attached hydrogen (secondary N) is 2. The SMILES string of the molecule is CCNc1cccc(C(=O)NC(C)CCOC)c1[N+](=O)[O-]. The van der Waals surface area contributed by atoms with Crippen LogP contribution >= 0.6 is 0 Å². The molecule has 7 heteroatoms. The summed E-state index contributed by atoms with van der Waals surface area (Å²) in [7, 11) is 1.58. The second kappa shape index (κ2) is 8.21. The maximum absolute atomic E-state index is 12.2. The number of nitro benzene ring substituents is 1. The first kappa shape index (κ1) is 16.9. The summed E-state index contributed by atoms with van der Waals surface area (Å²) in [6, 6.07) is 4.55. The number of nitro groups is 1. The number of hydrogen-bond donors (Lipinski definition) is 2. The van der Waals surface area contributed by atoms with E-state index < -0.39 is 10.8 Å². The van der Waals surface area contributed by atoms with E-state index in [0.717, 1.165) is 0 Å². The molecule has 0 heterocycles. The molecule has 0 aliphatic rings. The summed E-state index contributed by atoms with van der Waals surface area (Å²) < 4.78 is 4.94. The van der Waals surface area contributed by atoms with Gasteiger partial charge in [-0.25, -0.2) is 0 Å². The minimum Gasteiger partial charge on any atom is -0.385 e. The molecule has 0 saturated carbocycles. The number of benzene rings is 1. The van der Waals surface area contributed by atoms with Crippen LogP contribution in [0.5, 0.6) is 0 Å². The molecule has 21 heavy (non-hydrogen) atoms. The van der Waals surface area contributed by atoms with Crippen molar-refractivity contribution in [2.75, 3.05) is 25.6 Å². The van der Waals surface area contributed by atoms with Gasteiger partial charge in [0.25, 0.3) is 5.91 Å². The molecule has 1 aromatic carbocycles. The first-order chi connectivity index (χ1) is 10.0. The van der Waals surface area contributed by atoms with E-state index in [9.17, 15) is 14.9 Å². The summed E-state index contributed by atoms with van der Waals surface area (Å²) in [5.41, 5.74) is 0.207. The Kier molecular flexibility index (Phi) is 6.61. The van der Waals surface area contributed by atoms with Gasteiger partial charge in [0.2, 0.25) is 0 Å². The van der Waals surface area contributed by atoms with Gasteiger partial charge in [0, 0.05) is 26.3 Å². The van der Waals surface area contributed by atoms with Crippen molar-refractivity contribution in [3.05, 3.63) is 33.9 Å². The molecule has 1 aromatic rings. The Bertz CT molecular complexity index is 505. The van der Waals surface area contributed by atoms with Gasteiger partial charge < -0.3 is 15.4 Å². The third-order valence-electron chi connectivity index (χ3n) is 2.96. The average Bonchev–Trinajstić information content (AvgIpc) is 2.44. The van der Waals surface area contributed by atoms with Crippen LogP contribution in [-0.4, -0.2) is 37.1 Å². The Morgan fingerprint density at radius 3 is 2.76 bits per heavy atom. The first-order valence-corrected chi connectivity index (χ1v) is 6.82. The molecule has 2 N–H and O–H groups in total. The third kappa shape index (κ3) is 4.71. The summed E-state index contributed by atoms with van der Waals surface area (Å²) >= 11 is 0. The minimum atomic E-state index is -0.535. The largest absolute Gasteiger partial charge is 0.385 e. The number of carbonyl (C=O) groups excluding carboxylic acids is 1. The summed E-state index contributed by atoms with van der Waals surface area (Å²) in [6.45, 7) is 4.72. The number of carbonyl (C=O) groups is 1. The summed E-state index contributed by atoms with van der Waals surface area (Å²) in [5, 5.41) is 16.9. The van der Waals surface area contributed by atoms with Crippen LogP contribution < -0.4 is 10.6 Å². The van der Waals surface area contributed by atoms with Gasteiger partial charge in [-0.05, 0) is 32.4 Å². The highest BCUT2D eigenvalue weighted by Gasteiger charge is 2.24. The third-order valence-corrected chi connectivity index (χ3v) is 2.96. The van der Waals surface area contributed by atoms with Crippen LogP contribution in [0.3, 0.4) is 0 Å². The molecular weight excluding hydrogens is 274 g/mol. The summed E-state index contributed by atoms with van der Waals surface area (Å²) in [5.74, 6) is -0.454. The molecule has 0 fully saturated rings. The van der Waals surface area contributed by atoms with Gasteiger partial charge in [0.05, 0.1) is 4.92 Å². The van der Waals surface area contributed by atoms with Gasteiger partial charge >= 0.3 is 5.69 Å². The number of para-hydroxylation sites is 1. The van der Waals surface area contributed by atoms with Crippen molar-refractivity contribution in [2.45, 2.75) is 26.3 Å². The van der Waals surface area contributed by atoms with Gasteiger partial charge in [0.15, 0.2) is 0 Å². The van der Waals surface area contributed by atoms with Crippen LogP contribution in [0.25, 0.3) is 0 Å². The molecule has 116 valence electrons. The normalized spacial score (nSPS) is 11.8. The molecule has 7 nitrogen and oxygen atoms in total. The van der Waals surface area contributed by atoms with Crippen LogP contribution in [0.15, 0.2) is 18.2 Å². The highest BCUT2D eigenvalue weighted by atomic mass is 16.6. The summed E-state index contributed by atoms with van der Waals surface area (Å²) in [4.78, 5) is 22.9. The number of methoxy groups -OCH3 is 1. The Morgan fingerprint density at radius 1 is 1.48 bits per heavy atom. The van der Waals surface area contributed by atoms with E-state index in [0.29, 0.717) is 25.3 Å². The van der Waals surface area contributed by atoms with E-state index in [1.807, 2.05) is 13.8 Å². The molecular formula is C14H21N3O4. The predicted octanol–water partition coefficient (Wildman–Crippen LogP) is 2.18. The van der Waals surface area contributed by atoms with Gasteiger partial charge in [-0.2, -0.15) is 0 Å². The fraction of sp³-hybridized carbons (Fsp3) is 0.500. The van der Waals surface area contributed by atoms with Crippen molar-refractivity contribution in [3.8, 4) is 0 Å². The van der Waals surface area contributed by atoms with E-state index >= 15 is 0 Å². The van der Waals surface area contributed by atoms with Crippen molar-refractivity contribution < 1.29 is 14.5 Å². The van der Waals surface area contributed by atoms with Crippen LogP contribution in [0.2, 0.25) is 0 Å². The maximum atomic E-state index is 12.2. The van der Waals surface area contributed by atoms with E-state index in [4.69, 9.17) is 4.74 Å². The zero-order chi connectivity index (χ0) is 15.8. The van der Waals surface area contributed by atoms with Crippen molar-refractivity contribution in [1.29, 1.82) is 0 Å². The predicted molar refractivity (Wildman–Crippen MR) is 80.7 cm³/mol. The number of anilines is 1. The second-order valence-corrected chi connectivity index (χ2v) is 4.65. The lowest BCUT2D eigenvalue weighted by molar-refractivity contribution is -0.384. The maximum Gasteiger partial charge on any atom is 0.305 e. The Morgan fingerprint density at radius 2 is 2.19 bits per heavy atom. The monoisotopic (exact) mass is 295 g/mol. The van der Waals surface area contributed by atoms with Gasteiger partial charge in [-0.3, -0.25) is 14.9 Å². The second-order valence-electron chi connectivity index (χ2n) is 4.65. The van der Waals surface area contributed by atoms with Gasteiger partial charge in [0.1, 0.15) is 11.3 Å². The van der Waals surface area contributed by atoms with E-state index in [2.05, 4.69) is 10.6 Å². The molecule has 0 aliphatic heterocycles. The molecule has 0 spiro atoms. The Hall–Kier alpha value is -2.15. The highest BCUT2D eigenvalue weighted by molar-refractivity contribution is 6.00. The molecule has 1 rings (SSSR count). The molecule has 0 bridgehead atoms. The number of hydrogen-bond acceptors (Lipinski definition) is 5.